The number of fused-ring (bicyclic) bond motifs is 2. The van der Waals surface area contributed by atoms with Crippen molar-refractivity contribution in [2.24, 2.45) is 29.6 Å². The summed E-state index contributed by atoms with van der Waals surface area (Å²) in [6, 6.07) is 10.7. The molecule has 1 aromatic carbocycles. The molecule has 5 rings (SSSR count). The number of amides is 2. The van der Waals surface area contributed by atoms with E-state index in [0.29, 0.717) is 41.9 Å². The van der Waals surface area contributed by atoms with E-state index in [1.807, 2.05) is 0 Å². The van der Waals surface area contributed by atoms with E-state index in [4.69, 9.17) is 0 Å². The summed E-state index contributed by atoms with van der Waals surface area (Å²) in [6.07, 6.45) is 14.0. The molecule has 4 nitrogen and oxygen atoms in total. The van der Waals surface area contributed by atoms with Gasteiger partial charge in [-0.05, 0) is 80.6 Å². The Balaban J connectivity index is 0.995. The van der Waals surface area contributed by atoms with E-state index in [1.165, 1.54) is 12.0 Å². The predicted molar refractivity (Wildman–Crippen MR) is 127 cm³/mol. The SMILES string of the molecule is O=C(CCC1CCN(C(=O)[C@H]2C[C@@H]3C=C[C@H]2C3)CC1)N1CCC(Cc2ccccc2)CC1. The van der Waals surface area contributed by atoms with Gasteiger partial charge in [0.2, 0.25) is 11.8 Å². The number of likely N-dealkylation sites (tertiary alicyclic amines) is 2. The zero-order valence-corrected chi connectivity index (χ0v) is 19.3. The van der Waals surface area contributed by atoms with Gasteiger partial charge in [-0.3, -0.25) is 9.59 Å². The minimum Gasteiger partial charge on any atom is -0.343 e. The van der Waals surface area contributed by atoms with Crippen LogP contribution < -0.4 is 0 Å². The maximum atomic E-state index is 12.9. The van der Waals surface area contributed by atoms with E-state index >= 15 is 0 Å². The quantitative estimate of drug-likeness (QED) is 0.609. The number of benzene rings is 1. The Kier molecular flexibility index (Phi) is 6.66. The van der Waals surface area contributed by atoms with Gasteiger partial charge in [-0.15, -0.1) is 0 Å². The molecule has 2 aliphatic heterocycles. The molecule has 4 aliphatic rings. The van der Waals surface area contributed by atoms with Crippen molar-refractivity contribution < 1.29 is 9.59 Å². The van der Waals surface area contributed by atoms with E-state index in [1.54, 1.807) is 0 Å². The summed E-state index contributed by atoms with van der Waals surface area (Å²) < 4.78 is 0. The Morgan fingerprint density at radius 2 is 1.50 bits per heavy atom. The number of piperidine rings is 2. The number of rotatable bonds is 6. The molecule has 32 heavy (non-hydrogen) atoms. The fourth-order valence-electron chi connectivity index (χ4n) is 6.56. The van der Waals surface area contributed by atoms with E-state index in [2.05, 4.69) is 52.3 Å². The van der Waals surface area contributed by atoms with Crippen LogP contribution in [0.2, 0.25) is 0 Å². The van der Waals surface area contributed by atoms with Crippen LogP contribution in [0.15, 0.2) is 42.5 Å². The molecule has 2 aliphatic carbocycles. The summed E-state index contributed by atoms with van der Waals surface area (Å²) in [4.78, 5) is 29.9. The summed E-state index contributed by atoms with van der Waals surface area (Å²) in [5.41, 5.74) is 1.42. The topological polar surface area (TPSA) is 40.6 Å². The first-order valence-electron chi connectivity index (χ1n) is 12.9. The van der Waals surface area contributed by atoms with Crippen LogP contribution in [0, 0.1) is 29.6 Å². The molecule has 2 saturated heterocycles. The standard InChI is InChI=1S/C28H38N2O2/c31-27(29-14-12-23(13-15-29)18-22-4-2-1-3-5-22)9-7-21-10-16-30(17-11-21)28(32)26-20-24-6-8-25(26)19-24/h1-6,8,21,23-26H,7,9-20H2/t24-,25+,26+/m1/s1. The van der Waals surface area contributed by atoms with Gasteiger partial charge in [0.25, 0.3) is 0 Å². The minimum atomic E-state index is 0.243. The molecule has 2 amide bonds. The Morgan fingerprint density at radius 1 is 0.812 bits per heavy atom. The van der Waals surface area contributed by atoms with Gasteiger partial charge in [-0.2, -0.15) is 0 Å². The third-order valence-electron chi connectivity index (χ3n) is 8.62. The van der Waals surface area contributed by atoms with Crippen LogP contribution in [0.25, 0.3) is 0 Å². The zero-order valence-electron chi connectivity index (χ0n) is 19.3. The van der Waals surface area contributed by atoms with E-state index in [0.717, 1.165) is 71.1 Å². The number of allylic oxidation sites excluding steroid dienone is 2. The third-order valence-corrected chi connectivity index (χ3v) is 8.62. The Bertz CT molecular complexity index is 819. The Morgan fingerprint density at radius 3 is 2.16 bits per heavy atom. The fourth-order valence-corrected chi connectivity index (χ4v) is 6.56. The summed E-state index contributed by atoms with van der Waals surface area (Å²) in [5.74, 6) is 3.44. The highest BCUT2D eigenvalue weighted by Crippen LogP contribution is 2.44. The second kappa shape index (κ2) is 9.80. The van der Waals surface area contributed by atoms with Crippen molar-refractivity contribution in [2.45, 2.75) is 57.8 Å². The maximum absolute atomic E-state index is 12.9. The lowest BCUT2D eigenvalue weighted by Crippen LogP contribution is -2.43. The van der Waals surface area contributed by atoms with Crippen LogP contribution in [0.3, 0.4) is 0 Å². The average Bonchev–Trinajstić information content (AvgIpc) is 3.48. The van der Waals surface area contributed by atoms with Gasteiger partial charge in [0.1, 0.15) is 0 Å². The fraction of sp³-hybridized carbons (Fsp3) is 0.643. The first kappa shape index (κ1) is 21.7. The predicted octanol–water partition coefficient (Wildman–Crippen LogP) is 4.70. The molecule has 3 atom stereocenters. The molecule has 2 heterocycles. The molecule has 0 radical (unpaired) electrons. The van der Waals surface area contributed by atoms with Crippen LogP contribution in [0.4, 0.5) is 0 Å². The van der Waals surface area contributed by atoms with Crippen molar-refractivity contribution in [1.82, 2.24) is 9.80 Å². The highest BCUT2D eigenvalue weighted by Gasteiger charge is 2.42. The summed E-state index contributed by atoms with van der Waals surface area (Å²) in [6.45, 7) is 3.61. The molecule has 4 heteroatoms. The van der Waals surface area contributed by atoms with Crippen molar-refractivity contribution in [1.29, 1.82) is 0 Å². The molecule has 1 aromatic rings. The monoisotopic (exact) mass is 434 g/mol. The van der Waals surface area contributed by atoms with Gasteiger partial charge in [-0.1, -0.05) is 42.5 Å². The largest absolute Gasteiger partial charge is 0.343 e. The summed E-state index contributed by atoms with van der Waals surface area (Å²) in [7, 11) is 0. The number of carbonyl (C=O) groups is 2. The molecule has 0 N–H and O–H groups in total. The summed E-state index contributed by atoms with van der Waals surface area (Å²) in [5, 5.41) is 0. The lowest BCUT2D eigenvalue weighted by atomic mass is 9.88. The van der Waals surface area contributed by atoms with Crippen molar-refractivity contribution in [3.05, 3.63) is 48.0 Å². The van der Waals surface area contributed by atoms with Gasteiger partial charge in [0.15, 0.2) is 0 Å². The third kappa shape index (κ3) is 4.94. The number of carbonyl (C=O) groups excluding carboxylic acids is 2. The smallest absolute Gasteiger partial charge is 0.226 e. The zero-order chi connectivity index (χ0) is 21.9. The van der Waals surface area contributed by atoms with Crippen molar-refractivity contribution in [3.63, 3.8) is 0 Å². The molecule has 3 fully saturated rings. The lowest BCUT2D eigenvalue weighted by molar-refractivity contribution is -0.138. The second-order valence-corrected chi connectivity index (χ2v) is 10.7. The number of hydrogen-bond donors (Lipinski definition) is 0. The molecular formula is C28H38N2O2. The second-order valence-electron chi connectivity index (χ2n) is 10.7. The molecule has 2 bridgehead atoms. The van der Waals surface area contributed by atoms with Crippen molar-refractivity contribution in [3.8, 4) is 0 Å². The van der Waals surface area contributed by atoms with Crippen molar-refractivity contribution in [2.75, 3.05) is 26.2 Å². The Hall–Kier alpha value is -2.10. The lowest BCUT2D eigenvalue weighted by Gasteiger charge is -2.35. The van der Waals surface area contributed by atoms with Crippen LogP contribution in [0.5, 0.6) is 0 Å². The van der Waals surface area contributed by atoms with Gasteiger partial charge in [0, 0.05) is 38.5 Å². The van der Waals surface area contributed by atoms with Gasteiger partial charge < -0.3 is 9.80 Å². The van der Waals surface area contributed by atoms with Gasteiger partial charge in [-0.25, -0.2) is 0 Å². The first-order chi connectivity index (χ1) is 15.7. The first-order valence-corrected chi connectivity index (χ1v) is 12.9. The van der Waals surface area contributed by atoms with Crippen molar-refractivity contribution >= 4 is 11.8 Å². The number of hydrogen-bond acceptors (Lipinski definition) is 2. The van der Waals surface area contributed by atoms with Gasteiger partial charge >= 0.3 is 0 Å². The minimum absolute atomic E-state index is 0.243. The maximum Gasteiger partial charge on any atom is 0.226 e. The van der Waals surface area contributed by atoms with Gasteiger partial charge in [0.05, 0.1) is 0 Å². The molecule has 1 saturated carbocycles. The highest BCUT2D eigenvalue weighted by atomic mass is 16.2. The molecule has 172 valence electrons. The van der Waals surface area contributed by atoms with Crippen LogP contribution in [-0.4, -0.2) is 47.8 Å². The molecule has 0 aromatic heterocycles. The normalized spacial score (nSPS) is 28.4. The van der Waals surface area contributed by atoms with E-state index in [-0.39, 0.29) is 5.92 Å². The van der Waals surface area contributed by atoms with E-state index in [9.17, 15) is 9.59 Å². The summed E-state index contributed by atoms with van der Waals surface area (Å²) >= 11 is 0. The highest BCUT2D eigenvalue weighted by molar-refractivity contribution is 5.80. The van der Waals surface area contributed by atoms with Crippen LogP contribution >= 0.6 is 0 Å². The Labute approximate surface area is 193 Å². The molecular weight excluding hydrogens is 396 g/mol. The van der Waals surface area contributed by atoms with E-state index < -0.39 is 0 Å². The van der Waals surface area contributed by atoms with Crippen LogP contribution in [0.1, 0.15) is 56.9 Å². The number of nitrogens with zero attached hydrogens (tertiary/aromatic N) is 2. The molecule has 0 unspecified atom stereocenters. The van der Waals surface area contributed by atoms with Crippen LogP contribution in [-0.2, 0) is 16.0 Å². The average molecular weight is 435 g/mol. The molecule has 0 spiro atoms.